The maximum absolute atomic E-state index is 4.82. The lowest BCUT2D eigenvalue weighted by Gasteiger charge is -2.36. The van der Waals surface area contributed by atoms with Gasteiger partial charge in [-0.25, -0.2) is 19.9 Å². The summed E-state index contributed by atoms with van der Waals surface area (Å²) in [5, 5.41) is 0. The van der Waals surface area contributed by atoms with Crippen LogP contribution in [0.5, 0.6) is 0 Å². The molecular formula is C18H21N7. The summed E-state index contributed by atoms with van der Waals surface area (Å²) in [6, 6.07) is 8.17. The third kappa shape index (κ3) is 3.17. The number of nitrogens with zero attached hydrogens (tertiary/aromatic N) is 7. The maximum Gasteiger partial charge on any atom is 0.140 e. The summed E-state index contributed by atoms with van der Waals surface area (Å²) < 4.78 is 2.00. The molecule has 7 nitrogen and oxygen atoms in total. The van der Waals surface area contributed by atoms with Gasteiger partial charge in [-0.05, 0) is 26.0 Å². The zero-order chi connectivity index (χ0) is 17.2. The van der Waals surface area contributed by atoms with Crippen molar-refractivity contribution >= 4 is 11.6 Å². The number of hydrogen-bond donors (Lipinski definition) is 0. The first kappa shape index (κ1) is 15.6. The first-order chi connectivity index (χ1) is 12.2. The average molecular weight is 335 g/mol. The van der Waals surface area contributed by atoms with E-state index in [2.05, 4.69) is 36.9 Å². The van der Waals surface area contributed by atoms with Gasteiger partial charge in [0.15, 0.2) is 0 Å². The number of aryl methyl sites for hydroxylation is 2. The van der Waals surface area contributed by atoms with Gasteiger partial charge in [-0.2, -0.15) is 0 Å². The summed E-state index contributed by atoms with van der Waals surface area (Å²) >= 11 is 0. The predicted molar refractivity (Wildman–Crippen MR) is 97.3 cm³/mol. The number of pyridine rings is 1. The molecule has 0 aliphatic carbocycles. The third-order valence-electron chi connectivity index (χ3n) is 4.51. The Balaban J connectivity index is 1.49. The Morgan fingerprint density at radius 1 is 0.840 bits per heavy atom. The van der Waals surface area contributed by atoms with Crippen molar-refractivity contribution in [3.05, 3.63) is 54.5 Å². The van der Waals surface area contributed by atoms with Crippen LogP contribution < -0.4 is 9.80 Å². The van der Waals surface area contributed by atoms with Gasteiger partial charge < -0.3 is 9.80 Å². The number of hydrogen-bond acceptors (Lipinski definition) is 6. The molecule has 0 saturated carbocycles. The van der Waals surface area contributed by atoms with Crippen LogP contribution in [0.15, 0.2) is 43.0 Å². The van der Waals surface area contributed by atoms with E-state index in [0.29, 0.717) is 0 Å². The van der Waals surface area contributed by atoms with Gasteiger partial charge in [0, 0.05) is 50.3 Å². The monoisotopic (exact) mass is 335 g/mol. The smallest absolute Gasteiger partial charge is 0.140 e. The van der Waals surface area contributed by atoms with Crippen molar-refractivity contribution in [2.24, 2.45) is 0 Å². The number of aromatic nitrogens is 5. The molecule has 1 fully saturated rings. The minimum atomic E-state index is 0.904. The molecule has 3 aromatic rings. The van der Waals surface area contributed by atoms with Crippen molar-refractivity contribution in [1.29, 1.82) is 0 Å². The lowest BCUT2D eigenvalue weighted by Crippen LogP contribution is -2.47. The number of anilines is 2. The zero-order valence-corrected chi connectivity index (χ0v) is 14.5. The summed E-state index contributed by atoms with van der Waals surface area (Å²) in [7, 11) is 0. The molecule has 0 aromatic carbocycles. The molecular weight excluding hydrogens is 314 g/mol. The molecule has 4 heterocycles. The Kier molecular flexibility index (Phi) is 4.05. The van der Waals surface area contributed by atoms with Crippen LogP contribution in [0.1, 0.15) is 11.5 Å². The quantitative estimate of drug-likeness (QED) is 0.729. The first-order valence-corrected chi connectivity index (χ1v) is 8.46. The van der Waals surface area contributed by atoms with E-state index >= 15 is 0 Å². The predicted octanol–water partition coefficient (Wildman–Crippen LogP) is 2.00. The summed E-state index contributed by atoms with van der Waals surface area (Å²) in [5.74, 6) is 3.85. The molecule has 25 heavy (non-hydrogen) atoms. The molecule has 0 bridgehead atoms. The molecule has 0 atom stereocenters. The van der Waals surface area contributed by atoms with Gasteiger partial charge in [0.25, 0.3) is 0 Å². The SMILES string of the molecule is Cc1cc(N2CCN(c3cccc(-n4ccnc4C)n3)CC2)ncn1. The van der Waals surface area contributed by atoms with Gasteiger partial charge in [0.1, 0.15) is 29.6 Å². The Morgan fingerprint density at radius 2 is 1.56 bits per heavy atom. The number of rotatable bonds is 3. The van der Waals surface area contributed by atoms with Crippen molar-refractivity contribution in [1.82, 2.24) is 24.5 Å². The second kappa shape index (κ2) is 6.51. The van der Waals surface area contributed by atoms with Gasteiger partial charge in [-0.3, -0.25) is 4.57 Å². The normalized spacial score (nSPS) is 14.8. The van der Waals surface area contributed by atoms with Crippen LogP contribution in [0.25, 0.3) is 5.82 Å². The van der Waals surface area contributed by atoms with Gasteiger partial charge in [0.2, 0.25) is 0 Å². The Labute approximate surface area is 147 Å². The standard InChI is InChI=1S/C18H21N7/c1-14-12-18(21-13-20-14)24-10-8-23(9-11-24)16-4-3-5-17(22-16)25-7-6-19-15(25)2/h3-7,12-13H,8-11H2,1-2H3. The molecule has 3 aromatic heterocycles. The Morgan fingerprint density at radius 3 is 2.24 bits per heavy atom. The third-order valence-corrected chi connectivity index (χ3v) is 4.51. The Bertz CT molecular complexity index is 865. The van der Waals surface area contributed by atoms with E-state index < -0.39 is 0 Å². The van der Waals surface area contributed by atoms with Crippen LogP contribution in [0, 0.1) is 13.8 Å². The highest BCUT2D eigenvalue weighted by molar-refractivity contribution is 5.47. The molecule has 0 spiro atoms. The van der Waals surface area contributed by atoms with Gasteiger partial charge in [0.05, 0.1) is 0 Å². The number of piperazine rings is 1. The highest BCUT2D eigenvalue weighted by atomic mass is 15.3. The van der Waals surface area contributed by atoms with Crippen LogP contribution in [0.3, 0.4) is 0 Å². The van der Waals surface area contributed by atoms with E-state index in [9.17, 15) is 0 Å². The van der Waals surface area contributed by atoms with E-state index in [1.807, 2.05) is 36.7 Å². The molecule has 0 N–H and O–H groups in total. The molecule has 128 valence electrons. The molecule has 4 rings (SSSR count). The number of imidazole rings is 1. The van der Waals surface area contributed by atoms with Gasteiger partial charge in [-0.1, -0.05) is 6.07 Å². The van der Waals surface area contributed by atoms with Gasteiger partial charge >= 0.3 is 0 Å². The van der Waals surface area contributed by atoms with Crippen LogP contribution in [-0.4, -0.2) is 50.7 Å². The van der Waals surface area contributed by atoms with Crippen molar-refractivity contribution < 1.29 is 0 Å². The molecule has 1 aliphatic rings. The second-order valence-electron chi connectivity index (χ2n) is 6.19. The highest BCUT2D eigenvalue weighted by Crippen LogP contribution is 2.19. The lowest BCUT2D eigenvalue weighted by molar-refractivity contribution is 0.640. The van der Waals surface area contributed by atoms with E-state index in [4.69, 9.17) is 4.98 Å². The molecule has 0 amide bonds. The molecule has 0 unspecified atom stereocenters. The molecule has 7 heteroatoms. The van der Waals surface area contributed by atoms with Crippen molar-refractivity contribution in [2.45, 2.75) is 13.8 Å². The van der Waals surface area contributed by atoms with Crippen molar-refractivity contribution in [3.8, 4) is 5.82 Å². The first-order valence-electron chi connectivity index (χ1n) is 8.46. The van der Waals surface area contributed by atoms with Crippen LogP contribution >= 0.6 is 0 Å². The fourth-order valence-corrected chi connectivity index (χ4v) is 3.12. The van der Waals surface area contributed by atoms with Gasteiger partial charge in [-0.15, -0.1) is 0 Å². The van der Waals surface area contributed by atoms with E-state index in [-0.39, 0.29) is 0 Å². The molecule has 1 aliphatic heterocycles. The summed E-state index contributed by atoms with van der Waals surface area (Å²) in [6.07, 6.45) is 5.37. The highest BCUT2D eigenvalue weighted by Gasteiger charge is 2.19. The average Bonchev–Trinajstić information content (AvgIpc) is 3.08. The second-order valence-corrected chi connectivity index (χ2v) is 6.19. The van der Waals surface area contributed by atoms with E-state index in [0.717, 1.165) is 55.2 Å². The summed E-state index contributed by atoms with van der Waals surface area (Å²) in [5.41, 5.74) is 0.998. The van der Waals surface area contributed by atoms with Crippen LogP contribution in [0.2, 0.25) is 0 Å². The Hall–Kier alpha value is -2.96. The van der Waals surface area contributed by atoms with E-state index in [1.54, 1.807) is 12.5 Å². The van der Waals surface area contributed by atoms with Crippen molar-refractivity contribution in [2.75, 3.05) is 36.0 Å². The summed E-state index contributed by atoms with van der Waals surface area (Å²) in [4.78, 5) is 22.3. The largest absolute Gasteiger partial charge is 0.353 e. The van der Waals surface area contributed by atoms with Crippen LogP contribution in [0.4, 0.5) is 11.6 Å². The molecule has 0 radical (unpaired) electrons. The summed E-state index contributed by atoms with van der Waals surface area (Å²) in [6.45, 7) is 7.66. The zero-order valence-electron chi connectivity index (χ0n) is 14.5. The van der Waals surface area contributed by atoms with Crippen LogP contribution in [-0.2, 0) is 0 Å². The molecule has 1 saturated heterocycles. The van der Waals surface area contributed by atoms with Crippen molar-refractivity contribution in [3.63, 3.8) is 0 Å². The maximum atomic E-state index is 4.82. The minimum absolute atomic E-state index is 0.904. The van der Waals surface area contributed by atoms with E-state index in [1.165, 1.54) is 0 Å². The topological polar surface area (TPSA) is 63.0 Å². The lowest BCUT2D eigenvalue weighted by atomic mass is 10.3. The fraction of sp³-hybridized carbons (Fsp3) is 0.333. The fourth-order valence-electron chi connectivity index (χ4n) is 3.12. The minimum Gasteiger partial charge on any atom is -0.353 e.